The van der Waals surface area contributed by atoms with Crippen molar-refractivity contribution >= 4 is 56.3 Å². The third-order valence-electron chi connectivity index (χ3n) is 7.70. The number of nitrogens with two attached hydrogens (primary N) is 2. The summed E-state index contributed by atoms with van der Waals surface area (Å²) in [6.45, 7) is 4.33. The summed E-state index contributed by atoms with van der Waals surface area (Å²) in [5.74, 6) is -0.364. The van der Waals surface area contributed by atoms with Gasteiger partial charge in [-0.25, -0.2) is 0 Å². The molecule has 2 atom stereocenters. The molecule has 0 aromatic carbocycles. The predicted molar refractivity (Wildman–Crippen MR) is 148 cm³/mol. The van der Waals surface area contributed by atoms with Crippen molar-refractivity contribution in [2.45, 2.75) is 84.5 Å². The first-order valence-electron chi connectivity index (χ1n) is 13.2. The molecule has 4 rings (SSSR count). The van der Waals surface area contributed by atoms with Gasteiger partial charge in [-0.2, -0.15) is 0 Å². The number of fused-ring (bicyclic) bond motifs is 2. The number of hydrogen-bond acceptors (Lipinski definition) is 6. The van der Waals surface area contributed by atoms with Crippen LogP contribution in [0.15, 0.2) is 0 Å². The summed E-state index contributed by atoms with van der Waals surface area (Å²) in [5, 5.41) is 6.76. The van der Waals surface area contributed by atoms with Crippen molar-refractivity contribution in [1.82, 2.24) is 0 Å². The van der Waals surface area contributed by atoms with Crippen LogP contribution in [0, 0.1) is 11.8 Å². The monoisotopic (exact) mass is 544 g/mol. The first-order valence-corrected chi connectivity index (χ1v) is 14.8. The van der Waals surface area contributed by atoms with E-state index in [-0.39, 0.29) is 24.7 Å². The molecule has 8 nitrogen and oxygen atoms in total. The van der Waals surface area contributed by atoms with Crippen LogP contribution in [0.1, 0.15) is 100 Å². The molecule has 2 aromatic heterocycles. The van der Waals surface area contributed by atoms with E-state index in [1.54, 1.807) is 0 Å². The van der Waals surface area contributed by atoms with Gasteiger partial charge in [0.25, 0.3) is 11.8 Å². The molecule has 0 radical (unpaired) electrons. The van der Waals surface area contributed by atoms with E-state index in [1.807, 2.05) is 0 Å². The van der Waals surface area contributed by atoms with Crippen molar-refractivity contribution < 1.29 is 19.2 Å². The molecule has 37 heavy (non-hydrogen) atoms. The topological polar surface area (TPSA) is 144 Å². The maximum Gasteiger partial charge on any atom is 0.251 e. The van der Waals surface area contributed by atoms with Crippen LogP contribution in [0.3, 0.4) is 0 Å². The molecule has 0 unspecified atom stereocenters. The van der Waals surface area contributed by atoms with Crippen molar-refractivity contribution in [1.29, 1.82) is 0 Å². The zero-order chi connectivity index (χ0) is 26.7. The van der Waals surface area contributed by atoms with E-state index in [4.69, 9.17) is 11.5 Å². The van der Waals surface area contributed by atoms with Crippen LogP contribution in [0.25, 0.3) is 0 Å². The summed E-state index contributed by atoms with van der Waals surface area (Å²) in [6, 6.07) is 0. The van der Waals surface area contributed by atoms with Gasteiger partial charge in [0.15, 0.2) is 0 Å². The van der Waals surface area contributed by atoms with Crippen LogP contribution in [0.2, 0.25) is 0 Å². The second-order valence-electron chi connectivity index (χ2n) is 10.1. The SMILES string of the molecule is CC[C@@H]1CCc2c(sc(NC(=O)CCCC(=O)Nc3sc4c(c3C(N)=O)CC[C@H](CC)C4)c2C(N)=O)C1. The molecule has 0 saturated heterocycles. The van der Waals surface area contributed by atoms with E-state index in [1.165, 1.54) is 22.7 Å². The number of carbonyl (C=O) groups excluding carboxylic acids is 4. The molecular weight excluding hydrogens is 508 g/mol. The lowest BCUT2D eigenvalue weighted by Gasteiger charge is -2.20. The van der Waals surface area contributed by atoms with Gasteiger partial charge in [-0.15, -0.1) is 22.7 Å². The van der Waals surface area contributed by atoms with Gasteiger partial charge in [0.05, 0.1) is 11.1 Å². The molecule has 10 heteroatoms. The number of rotatable bonds is 10. The Morgan fingerprint density at radius 2 is 1.16 bits per heavy atom. The van der Waals surface area contributed by atoms with E-state index in [9.17, 15) is 19.2 Å². The molecule has 0 saturated carbocycles. The lowest BCUT2D eigenvalue weighted by molar-refractivity contribution is -0.117. The highest BCUT2D eigenvalue weighted by Gasteiger charge is 2.29. The van der Waals surface area contributed by atoms with Gasteiger partial charge >= 0.3 is 0 Å². The molecule has 0 bridgehead atoms. The number of anilines is 2. The zero-order valence-corrected chi connectivity index (χ0v) is 23.2. The summed E-state index contributed by atoms with van der Waals surface area (Å²) in [5.41, 5.74) is 14.1. The number of primary amides is 2. The predicted octanol–water partition coefficient (Wildman–Crippen LogP) is 4.78. The summed E-state index contributed by atoms with van der Waals surface area (Å²) >= 11 is 2.89. The van der Waals surface area contributed by atoms with Crippen molar-refractivity contribution in [3.8, 4) is 0 Å². The molecule has 0 spiro atoms. The Morgan fingerprint density at radius 3 is 1.51 bits per heavy atom. The normalized spacial score (nSPS) is 18.5. The molecular formula is C27H36N4O4S2. The van der Waals surface area contributed by atoms with Gasteiger partial charge in [-0.05, 0) is 67.9 Å². The quantitative estimate of drug-likeness (QED) is 0.341. The first-order chi connectivity index (χ1) is 17.7. The van der Waals surface area contributed by atoms with E-state index in [0.29, 0.717) is 39.4 Å². The van der Waals surface area contributed by atoms with E-state index >= 15 is 0 Å². The maximum absolute atomic E-state index is 12.6. The summed E-state index contributed by atoms with van der Waals surface area (Å²) in [4.78, 5) is 51.8. The second-order valence-corrected chi connectivity index (χ2v) is 12.3. The lowest BCUT2D eigenvalue weighted by Crippen LogP contribution is -2.20. The van der Waals surface area contributed by atoms with Crippen molar-refractivity contribution in [2.75, 3.05) is 10.6 Å². The molecule has 0 aliphatic heterocycles. The molecule has 2 heterocycles. The van der Waals surface area contributed by atoms with Crippen LogP contribution in [0.5, 0.6) is 0 Å². The minimum atomic E-state index is -0.517. The van der Waals surface area contributed by atoms with Gasteiger partial charge < -0.3 is 22.1 Å². The number of carbonyl (C=O) groups is 4. The van der Waals surface area contributed by atoms with Gasteiger partial charge in [0.2, 0.25) is 11.8 Å². The van der Waals surface area contributed by atoms with Gasteiger partial charge in [0.1, 0.15) is 10.0 Å². The smallest absolute Gasteiger partial charge is 0.251 e. The fourth-order valence-electron chi connectivity index (χ4n) is 5.49. The number of amides is 4. The lowest BCUT2D eigenvalue weighted by atomic mass is 9.85. The minimum Gasteiger partial charge on any atom is -0.365 e. The fraction of sp³-hybridized carbons (Fsp3) is 0.556. The summed E-state index contributed by atoms with van der Waals surface area (Å²) < 4.78 is 0. The minimum absolute atomic E-state index is 0.133. The molecule has 2 aliphatic carbocycles. The standard InChI is InChI=1S/C27H36N4O4S2/c1-3-14-8-10-16-18(12-14)36-26(22(16)24(28)34)30-20(32)6-5-7-21(33)31-27-23(25(29)35)17-11-9-15(4-2)13-19(17)37-27/h14-15H,3-13H2,1-2H3,(H2,28,34)(H2,29,35)(H,30,32)(H,31,33)/t14-,15+. The van der Waals surface area contributed by atoms with Crippen LogP contribution in [-0.2, 0) is 35.3 Å². The highest BCUT2D eigenvalue weighted by Crippen LogP contribution is 2.41. The molecule has 0 fully saturated rings. The van der Waals surface area contributed by atoms with E-state index in [0.717, 1.165) is 72.2 Å². The molecule has 200 valence electrons. The highest BCUT2D eigenvalue weighted by molar-refractivity contribution is 7.17. The average Bonchev–Trinajstić information content (AvgIpc) is 3.39. The molecule has 2 aliphatic rings. The Balaban J connectivity index is 1.33. The average molecular weight is 545 g/mol. The fourth-order valence-corrected chi connectivity index (χ4v) is 8.26. The summed E-state index contributed by atoms with van der Waals surface area (Å²) in [6.07, 6.45) is 8.23. The zero-order valence-electron chi connectivity index (χ0n) is 21.5. The van der Waals surface area contributed by atoms with Crippen molar-refractivity contribution in [3.63, 3.8) is 0 Å². The number of nitrogens with one attached hydrogen (secondary N) is 2. The number of thiophene rings is 2. The Labute approximate surface area is 225 Å². The maximum atomic E-state index is 12.6. The Bertz CT molecular complexity index is 1120. The largest absolute Gasteiger partial charge is 0.365 e. The van der Waals surface area contributed by atoms with Crippen molar-refractivity contribution in [2.24, 2.45) is 23.3 Å². The van der Waals surface area contributed by atoms with E-state index in [2.05, 4.69) is 24.5 Å². The molecule has 2 aromatic rings. The third-order valence-corrected chi connectivity index (χ3v) is 10.0. The van der Waals surface area contributed by atoms with Crippen LogP contribution in [0.4, 0.5) is 10.0 Å². The first kappa shape index (κ1) is 27.3. The van der Waals surface area contributed by atoms with Gasteiger partial charge in [-0.1, -0.05) is 26.7 Å². The van der Waals surface area contributed by atoms with Gasteiger partial charge in [0, 0.05) is 22.6 Å². The van der Waals surface area contributed by atoms with E-state index < -0.39 is 11.8 Å². The second kappa shape index (κ2) is 11.8. The molecule has 4 amide bonds. The van der Waals surface area contributed by atoms with Gasteiger partial charge in [-0.3, -0.25) is 19.2 Å². The van der Waals surface area contributed by atoms with Crippen LogP contribution < -0.4 is 22.1 Å². The Kier molecular flexibility index (Phi) is 8.69. The Morgan fingerprint density at radius 1 is 0.757 bits per heavy atom. The number of hydrogen-bond donors (Lipinski definition) is 4. The van der Waals surface area contributed by atoms with Crippen LogP contribution in [-0.4, -0.2) is 23.6 Å². The van der Waals surface area contributed by atoms with Crippen LogP contribution >= 0.6 is 22.7 Å². The molecule has 6 N–H and O–H groups in total. The Hall–Kier alpha value is -2.72. The summed E-state index contributed by atoms with van der Waals surface area (Å²) in [7, 11) is 0. The third kappa shape index (κ3) is 6.06. The van der Waals surface area contributed by atoms with Crippen molar-refractivity contribution in [3.05, 3.63) is 32.0 Å². The highest BCUT2D eigenvalue weighted by atomic mass is 32.1.